The summed E-state index contributed by atoms with van der Waals surface area (Å²) >= 11 is 0. The topological polar surface area (TPSA) is 523 Å². The summed E-state index contributed by atoms with van der Waals surface area (Å²) in [7, 11) is 0. The maximum absolute atomic E-state index is 13.9. The highest BCUT2D eigenvalue weighted by Crippen LogP contribution is 2.40. The van der Waals surface area contributed by atoms with Gasteiger partial charge in [-0.15, -0.1) is 0 Å². The van der Waals surface area contributed by atoms with Gasteiger partial charge in [0, 0.05) is 24.9 Å². The molecule has 1 fully saturated rings. The van der Waals surface area contributed by atoms with Crippen molar-refractivity contribution in [1.29, 1.82) is 0 Å². The Kier molecular flexibility index (Phi) is 30.6. The molecule has 0 radical (unpaired) electrons. The number of carbonyl (C=O) groups excluding carboxylic acids is 9. The maximum Gasteiger partial charge on any atom is 0.328 e. The number of aliphatic hydroxyl groups is 4. The number of carboxylic acid groups (broad SMARTS) is 1. The van der Waals surface area contributed by atoms with Crippen LogP contribution >= 0.6 is 0 Å². The van der Waals surface area contributed by atoms with Crippen LogP contribution in [-0.4, -0.2) is 196 Å². The fourth-order valence-corrected chi connectivity index (χ4v) is 8.07. The molecule has 0 heterocycles. The largest absolute Gasteiger partial charge is 0.480 e. The molecule has 30 nitrogen and oxygen atoms in total. The highest BCUT2D eigenvalue weighted by Gasteiger charge is 2.38. The van der Waals surface area contributed by atoms with Gasteiger partial charge in [0.15, 0.2) is 12.0 Å². The van der Waals surface area contributed by atoms with Crippen molar-refractivity contribution in [2.45, 2.75) is 183 Å². The van der Waals surface area contributed by atoms with E-state index in [4.69, 9.17) is 28.7 Å². The molecule has 30 heteroatoms. The van der Waals surface area contributed by atoms with E-state index in [1.54, 1.807) is 0 Å². The smallest absolute Gasteiger partial charge is 0.328 e. The Hall–Kier alpha value is -7.09. The number of nitrogens with two attached hydrogens (primary N) is 5. The van der Waals surface area contributed by atoms with Crippen LogP contribution in [0.2, 0.25) is 0 Å². The van der Waals surface area contributed by atoms with Crippen LogP contribution in [0.1, 0.15) is 110 Å². The zero-order chi connectivity index (χ0) is 60.2. The Balaban J connectivity index is 2.27. The highest BCUT2D eigenvalue weighted by atomic mass is 16.4. The van der Waals surface area contributed by atoms with E-state index in [9.17, 15) is 73.5 Å². The van der Waals surface area contributed by atoms with Crippen molar-refractivity contribution < 1.29 is 73.5 Å². The first-order valence-electron chi connectivity index (χ1n) is 26.6. The van der Waals surface area contributed by atoms with E-state index in [1.165, 1.54) is 19.4 Å². The molecule has 14 atom stereocenters. The highest BCUT2D eigenvalue weighted by molar-refractivity contribution is 5.98. The van der Waals surface area contributed by atoms with Gasteiger partial charge in [0.2, 0.25) is 53.2 Å². The monoisotopic (exact) mass is 1140 g/mol. The van der Waals surface area contributed by atoms with Gasteiger partial charge in [-0.25, -0.2) is 4.79 Å². The summed E-state index contributed by atoms with van der Waals surface area (Å²) in [6, 6.07) is -3.77. The molecule has 80 heavy (non-hydrogen) atoms. The first kappa shape index (κ1) is 69.0. The normalized spacial score (nSPS) is 18.2. The summed E-state index contributed by atoms with van der Waals surface area (Å²) < 4.78 is 0. The summed E-state index contributed by atoms with van der Waals surface area (Å²) in [6.07, 6.45) is -2.90. The summed E-state index contributed by atoms with van der Waals surface area (Å²) in [5.41, 5.74) is 29.0. The summed E-state index contributed by atoms with van der Waals surface area (Å²) in [5.74, 6) is -10.4. The molecule has 1 aliphatic rings. The molecular formula is C50H85N15O15. The minimum Gasteiger partial charge on any atom is -0.480 e. The molecule has 0 unspecified atom stereocenters. The van der Waals surface area contributed by atoms with Gasteiger partial charge in [0.25, 0.3) is 0 Å². The average molecular weight is 1140 g/mol. The van der Waals surface area contributed by atoms with Gasteiger partial charge >= 0.3 is 5.97 Å². The number of carbonyl (C=O) groups is 10. The third-order valence-electron chi connectivity index (χ3n) is 12.9. The molecule has 24 N–H and O–H groups in total. The van der Waals surface area contributed by atoms with Gasteiger partial charge in [-0.3, -0.25) is 48.1 Å². The van der Waals surface area contributed by atoms with Crippen LogP contribution in [0.3, 0.4) is 0 Å². The Labute approximate surface area is 464 Å². The lowest BCUT2D eigenvalue weighted by Gasteiger charge is -2.28. The van der Waals surface area contributed by atoms with E-state index in [1.807, 2.05) is 23.5 Å². The number of rotatable bonds is 39. The molecule has 0 bridgehead atoms. The van der Waals surface area contributed by atoms with Crippen LogP contribution in [0, 0.1) is 0 Å². The molecular weight excluding hydrogens is 1050 g/mol. The van der Waals surface area contributed by atoms with Crippen molar-refractivity contribution in [2.24, 2.45) is 33.7 Å². The van der Waals surface area contributed by atoms with Crippen LogP contribution in [0.4, 0.5) is 0 Å². The number of aliphatic imine (C=N–C) groups is 1. The third kappa shape index (κ3) is 24.9. The lowest BCUT2D eigenvalue weighted by Crippen LogP contribution is -2.61. The van der Waals surface area contributed by atoms with E-state index >= 15 is 0 Å². The van der Waals surface area contributed by atoms with Crippen molar-refractivity contribution in [3.63, 3.8) is 0 Å². The third-order valence-corrected chi connectivity index (χ3v) is 12.9. The van der Waals surface area contributed by atoms with Crippen molar-refractivity contribution in [3.8, 4) is 0 Å². The Morgan fingerprint density at radius 2 is 1.05 bits per heavy atom. The van der Waals surface area contributed by atoms with Gasteiger partial charge in [-0.2, -0.15) is 0 Å². The number of unbranched alkanes of at least 4 members (excludes halogenated alkanes) is 2. The number of aliphatic hydroxyl groups excluding tert-OH is 4. The Morgan fingerprint density at radius 1 is 0.575 bits per heavy atom. The maximum atomic E-state index is 13.9. The Bertz CT molecular complexity index is 2240. The van der Waals surface area contributed by atoms with E-state index in [-0.39, 0.29) is 57.2 Å². The standard InChI is InChI=1S/C50H85N15O15/c1-25(41(71)59-33(17-12-22-57-50(54)55)43(73)60-31(15-8-10-20-51)44(74)63-36(24-66)46(76)65-40(28(4)69)49(79)80)58-48(78)39(27(3)68)64-45(75)34(18-19-37(52)70)61-42(72)32(62-47(77)38(53)26(2)67)16-9-11-21-56-35-23-30(35)29-13-6-5-7-14-29/h5-7,13-14,25-28,30-36,38-40,56,66-69H,8-12,15-24,51,53H2,1-4H3,(H2,52,70)(H,58,78)(H,59,71)(H,60,73)(H,61,72)(H,62,77)(H,63,74)(H,64,75)(H,65,76)(H,79,80)(H4,54,55,57)/t25-,26+,27+,28+,30+,31-,32-,33-,34-,35-,36-,38-,39-,40-/m0/s1. The molecule has 0 spiro atoms. The van der Waals surface area contributed by atoms with Crippen LogP contribution in [0.5, 0.6) is 0 Å². The number of nitrogens with one attached hydrogen (secondary N) is 9. The van der Waals surface area contributed by atoms with E-state index in [2.05, 4.69) is 59.7 Å². The first-order chi connectivity index (χ1) is 37.7. The number of benzene rings is 1. The summed E-state index contributed by atoms with van der Waals surface area (Å²) in [6.45, 7) is 4.46. The number of hydrogen-bond acceptors (Lipinski definition) is 18. The fourth-order valence-electron chi connectivity index (χ4n) is 8.07. The number of hydrogen-bond donors (Lipinski definition) is 19. The number of amides is 9. The summed E-state index contributed by atoms with van der Waals surface area (Å²) in [4.78, 5) is 136. The minimum atomic E-state index is -1.82. The molecule has 9 amide bonds. The van der Waals surface area contributed by atoms with Crippen LogP contribution < -0.4 is 76.5 Å². The second kappa shape index (κ2) is 35.5. The summed E-state index contributed by atoms with van der Waals surface area (Å²) in [5, 5.41) is 72.2. The zero-order valence-corrected chi connectivity index (χ0v) is 45.7. The van der Waals surface area contributed by atoms with Crippen LogP contribution in [0.15, 0.2) is 35.3 Å². The molecule has 0 saturated heterocycles. The van der Waals surface area contributed by atoms with Crippen LogP contribution in [0.25, 0.3) is 0 Å². The van der Waals surface area contributed by atoms with E-state index in [0.717, 1.165) is 20.3 Å². The van der Waals surface area contributed by atoms with Gasteiger partial charge in [0.05, 0.1) is 24.9 Å². The second-order valence-electron chi connectivity index (χ2n) is 19.8. The van der Waals surface area contributed by atoms with Gasteiger partial charge in [-0.05, 0) is 111 Å². The lowest BCUT2D eigenvalue weighted by atomic mass is 10.0. The van der Waals surface area contributed by atoms with Crippen molar-refractivity contribution in [1.82, 2.24) is 47.9 Å². The number of aliphatic carboxylic acids is 1. The molecule has 1 aromatic rings. The molecule has 1 saturated carbocycles. The zero-order valence-electron chi connectivity index (χ0n) is 45.7. The van der Waals surface area contributed by atoms with Gasteiger partial charge < -0.3 is 102 Å². The van der Waals surface area contributed by atoms with Gasteiger partial charge in [0.1, 0.15) is 48.3 Å². The fraction of sp³-hybridized carbons (Fsp3) is 0.660. The second-order valence-corrected chi connectivity index (χ2v) is 19.8. The minimum absolute atomic E-state index is 0.0246. The molecule has 0 aromatic heterocycles. The lowest BCUT2D eigenvalue weighted by molar-refractivity contribution is -0.145. The predicted molar refractivity (Wildman–Crippen MR) is 290 cm³/mol. The molecule has 1 aliphatic carbocycles. The van der Waals surface area contributed by atoms with E-state index in [0.29, 0.717) is 31.7 Å². The number of carboxylic acids is 1. The van der Waals surface area contributed by atoms with Crippen molar-refractivity contribution in [2.75, 3.05) is 26.2 Å². The quantitative estimate of drug-likeness (QED) is 0.0165. The number of primary amides is 1. The number of nitrogens with zero attached hydrogens (tertiary/aromatic N) is 1. The van der Waals surface area contributed by atoms with E-state index < -0.39 is 151 Å². The van der Waals surface area contributed by atoms with Gasteiger partial charge in [-0.1, -0.05) is 30.3 Å². The first-order valence-corrected chi connectivity index (χ1v) is 26.6. The van der Waals surface area contributed by atoms with Crippen molar-refractivity contribution >= 4 is 65.1 Å². The predicted octanol–water partition coefficient (Wildman–Crippen LogP) is -6.80. The SMILES string of the molecule is C[C@H](NC(=O)[C@@H](NC(=O)[C@H](CCC(N)=O)NC(=O)[C@H](CCCCN[C@H]1C[C@@H]1c1ccccc1)NC(=O)[C@@H](N)[C@@H](C)O)[C@@H](C)O)C(=O)N[C@@H](CCCN=C(N)N)C(=O)N[C@@H](CCCCN)C(=O)N[C@@H](CO)C(=O)N[C@H](C(=O)O)[C@@H](C)O. The Morgan fingerprint density at radius 3 is 1.55 bits per heavy atom. The number of guanidine groups is 1. The molecule has 0 aliphatic heterocycles. The molecule has 1 aromatic carbocycles. The molecule has 2 rings (SSSR count). The van der Waals surface area contributed by atoms with Crippen LogP contribution in [-0.2, 0) is 47.9 Å². The van der Waals surface area contributed by atoms with Crippen molar-refractivity contribution in [3.05, 3.63) is 35.9 Å². The average Bonchev–Trinajstić information content (AvgIpc) is 4.18. The molecule has 450 valence electrons.